The zero-order valence-electron chi connectivity index (χ0n) is 18.4. The van der Waals surface area contributed by atoms with Crippen molar-refractivity contribution in [2.24, 2.45) is 17.6 Å². The number of rotatable bonds is 3. The predicted molar refractivity (Wildman–Crippen MR) is 125 cm³/mol. The van der Waals surface area contributed by atoms with Gasteiger partial charge in [0.05, 0.1) is 11.3 Å². The number of aliphatic hydroxyl groups excluding tert-OH is 2. The topological polar surface area (TPSA) is 171 Å². The summed E-state index contributed by atoms with van der Waals surface area (Å²) >= 11 is 0. The lowest BCUT2D eigenvalue weighted by atomic mass is 9.59. The van der Waals surface area contributed by atoms with Crippen molar-refractivity contribution in [2.45, 2.75) is 24.9 Å². The van der Waals surface area contributed by atoms with Crippen molar-refractivity contribution in [3.63, 3.8) is 0 Å². The molecule has 0 spiro atoms. The first-order valence-corrected chi connectivity index (χ1v) is 11.1. The number of hydrogen-bond donors (Lipinski definition) is 5. The summed E-state index contributed by atoms with van der Waals surface area (Å²) in [6.45, 7) is 0. The third-order valence-corrected chi connectivity index (χ3v) is 7.10. The molecule has 5 rings (SSSR count). The van der Waals surface area contributed by atoms with Crippen LogP contribution in [0.25, 0.3) is 17.9 Å². The number of phenols is 1. The van der Waals surface area contributed by atoms with Crippen molar-refractivity contribution in [3.05, 3.63) is 75.8 Å². The first-order valence-electron chi connectivity index (χ1n) is 11.1. The van der Waals surface area contributed by atoms with Gasteiger partial charge in [-0.25, -0.2) is 0 Å². The second kappa shape index (κ2) is 7.92. The first kappa shape index (κ1) is 22.5. The first-order chi connectivity index (χ1) is 16.6. The van der Waals surface area contributed by atoms with Gasteiger partial charge in [-0.2, -0.15) is 0 Å². The van der Waals surface area contributed by atoms with Gasteiger partial charge in [0.1, 0.15) is 22.8 Å². The van der Waals surface area contributed by atoms with Crippen LogP contribution in [0.5, 0.6) is 5.75 Å². The van der Waals surface area contributed by atoms with Crippen LogP contribution >= 0.6 is 0 Å². The molecule has 3 aliphatic carbocycles. The Morgan fingerprint density at radius 1 is 1.09 bits per heavy atom. The highest BCUT2D eigenvalue weighted by Gasteiger charge is 2.60. The minimum Gasteiger partial charge on any atom is -0.508 e. The van der Waals surface area contributed by atoms with Crippen molar-refractivity contribution in [1.29, 1.82) is 0 Å². The van der Waals surface area contributed by atoms with Gasteiger partial charge in [0.2, 0.25) is 5.78 Å². The maximum absolute atomic E-state index is 13.5. The number of aromatic nitrogens is 1. The van der Waals surface area contributed by atoms with Gasteiger partial charge in [0.15, 0.2) is 11.4 Å². The largest absolute Gasteiger partial charge is 0.508 e. The molecule has 1 saturated carbocycles. The van der Waals surface area contributed by atoms with Crippen molar-refractivity contribution in [3.8, 4) is 5.75 Å². The third-order valence-electron chi connectivity index (χ3n) is 7.10. The highest BCUT2D eigenvalue weighted by atomic mass is 16.3. The van der Waals surface area contributed by atoms with Crippen LogP contribution in [0.3, 0.4) is 0 Å². The fourth-order valence-corrected chi connectivity index (χ4v) is 5.45. The van der Waals surface area contributed by atoms with Gasteiger partial charge in [0, 0.05) is 24.1 Å². The average Bonchev–Trinajstić information content (AvgIpc) is 2.81. The summed E-state index contributed by atoms with van der Waals surface area (Å²) < 4.78 is 0. The fraction of sp³-hybridized carbons (Fsp3) is 0.231. The Kier molecular flexibility index (Phi) is 5.10. The van der Waals surface area contributed by atoms with Crippen LogP contribution < -0.4 is 5.73 Å². The van der Waals surface area contributed by atoms with E-state index in [9.17, 15) is 34.8 Å². The minimum absolute atomic E-state index is 0.0558. The lowest BCUT2D eigenvalue weighted by Gasteiger charge is -2.46. The van der Waals surface area contributed by atoms with Crippen molar-refractivity contribution >= 4 is 35.4 Å². The number of hydrogen-bond acceptors (Lipinski definition) is 8. The predicted octanol–water partition coefficient (Wildman–Crippen LogP) is 1.99. The second-order valence-electron chi connectivity index (χ2n) is 9.02. The number of phenolic OH excluding ortho intramolecular Hbond substituents is 1. The number of amides is 1. The van der Waals surface area contributed by atoms with Crippen LogP contribution in [0.1, 0.15) is 35.2 Å². The Morgan fingerprint density at radius 2 is 1.86 bits per heavy atom. The van der Waals surface area contributed by atoms with Crippen molar-refractivity contribution < 1.29 is 34.8 Å². The van der Waals surface area contributed by atoms with Gasteiger partial charge in [0.25, 0.3) is 5.91 Å². The summed E-state index contributed by atoms with van der Waals surface area (Å²) in [6, 6.07) is 8.53. The summed E-state index contributed by atoms with van der Waals surface area (Å²) in [7, 11) is 0. The smallest absolute Gasteiger partial charge is 0.255 e. The lowest BCUT2D eigenvalue weighted by molar-refractivity contribution is -0.147. The lowest BCUT2D eigenvalue weighted by Crippen LogP contribution is -2.58. The number of benzene rings is 1. The SMILES string of the molecule is NC(=O)C1=C(O)C2(O)C(=O)C3=C(O)c4c(O)ccc(/C=C/c5ccccn5)c4CC3CC2CC1=O. The van der Waals surface area contributed by atoms with Crippen LogP contribution in [-0.4, -0.2) is 48.5 Å². The molecule has 3 aliphatic rings. The molecule has 1 amide bonds. The minimum atomic E-state index is -2.57. The highest BCUT2D eigenvalue weighted by molar-refractivity contribution is 6.22. The van der Waals surface area contributed by atoms with Crippen LogP contribution in [0, 0.1) is 11.8 Å². The van der Waals surface area contributed by atoms with Crippen LogP contribution in [0.2, 0.25) is 0 Å². The zero-order chi connectivity index (χ0) is 25.1. The summed E-state index contributed by atoms with van der Waals surface area (Å²) in [5.74, 6) is -6.44. The van der Waals surface area contributed by atoms with E-state index in [1.54, 1.807) is 30.5 Å². The Balaban J connectivity index is 1.64. The summed E-state index contributed by atoms with van der Waals surface area (Å²) in [6.07, 6.45) is 5.20. The fourth-order valence-electron chi connectivity index (χ4n) is 5.45. The molecule has 3 atom stereocenters. The molecule has 35 heavy (non-hydrogen) atoms. The number of Topliss-reactive ketones (excluding diaryl/α,β-unsaturated/α-hetero) is 2. The number of nitrogens with zero attached hydrogens (tertiary/aromatic N) is 1. The number of ketones is 2. The van der Waals surface area contributed by atoms with E-state index in [0.29, 0.717) is 16.8 Å². The highest BCUT2D eigenvalue weighted by Crippen LogP contribution is 2.52. The molecule has 6 N–H and O–H groups in total. The molecule has 3 unspecified atom stereocenters. The molecule has 9 heteroatoms. The van der Waals surface area contributed by atoms with Gasteiger partial charge >= 0.3 is 0 Å². The summed E-state index contributed by atoms with van der Waals surface area (Å²) in [5.41, 5.74) is 3.71. The van der Waals surface area contributed by atoms with E-state index in [0.717, 1.165) is 0 Å². The molecule has 0 bridgehead atoms. The van der Waals surface area contributed by atoms with Gasteiger partial charge in [-0.05, 0) is 54.2 Å². The number of pyridine rings is 1. The number of fused-ring (bicyclic) bond motifs is 3. The molecule has 2 aromatic rings. The molecule has 178 valence electrons. The van der Waals surface area contributed by atoms with E-state index in [1.165, 1.54) is 6.07 Å². The number of aliphatic hydroxyl groups is 3. The molecule has 0 saturated heterocycles. The van der Waals surface area contributed by atoms with Gasteiger partial charge in [-0.1, -0.05) is 18.2 Å². The summed E-state index contributed by atoms with van der Waals surface area (Å²) in [5, 5.41) is 43.5. The number of carbonyl (C=O) groups excluding carboxylic acids is 3. The van der Waals surface area contributed by atoms with Crippen molar-refractivity contribution in [1.82, 2.24) is 4.98 Å². The van der Waals surface area contributed by atoms with E-state index in [4.69, 9.17) is 5.73 Å². The molecule has 0 aliphatic heterocycles. The van der Waals surface area contributed by atoms with Crippen LogP contribution in [0.4, 0.5) is 0 Å². The van der Waals surface area contributed by atoms with E-state index in [2.05, 4.69) is 4.98 Å². The van der Waals surface area contributed by atoms with Crippen molar-refractivity contribution in [2.75, 3.05) is 0 Å². The molecule has 1 aromatic heterocycles. The van der Waals surface area contributed by atoms with Crippen LogP contribution in [-0.2, 0) is 20.8 Å². The number of carbonyl (C=O) groups is 3. The average molecular weight is 474 g/mol. The van der Waals surface area contributed by atoms with E-state index >= 15 is 0 Å². The van der Waals surface area contributed by atoms with Crippen LogP contribution in [0.15, 0.2) is 53.4 Å². The molecule has 0 radical (unpaired) electrons. The molecule has 9 nitrogen and oxygen atoms in total. The third kappa shape index (κ3) is 3.27. The maximum atomic E-state index is 13.5. The monoisotopic (exact) mass is 474 g/mol. The Hall–Kier alpha value is -4.24. The molecular formula is C26H22N2O7. The van der Waals surface area contributed by atoms with E-state index in [1.807, 2.05) is 12.1 Å². The number of nitrogens with two attached hydrogens (primary N) is 1. The number of aromatic hydroxyl groups is 1. The molecule has 1 aromatic carbocycles. The van der Waals surface area contributed by atoms with E-state index in [-0.39, 0.29) is 36.1 Å². The van der Waals surface area contributed by atoms with Gasteiger partial charge in [-0.3, -0.25) is 19.4 Å². The molecule has 1 fully saturated rings. The Labute approximate surface area is 199 Å². The Bertz CT molecular complexity index is 1390. The standard InChI is InChI=1S/C26H22N2O7/c27-25(34)21-18(30)11-14-9-13-10-16-12(4-6-15-3-1-2-8-28-15)5-7-17(29)20(16)22(31)19(13)23(32)26(14,35)24(21)33/h1-8,13-14,29,31,33,35H,9-11H2,(H2,27,34)/b6-4+. The quantitative estimate of drug-likeness (QED) is 0.420. The second-order valence-corrected chi connectivity index (χ2v) is 9.02. The molecular weight excluding hydrogens is 452 g/mol. The Morgan fingerprint density at radius 3 is 2.54 bits per heavy atom. The molecule has 1 heterocycles. The normalized spacial score (nSPS) is 26.0. The zero-order valence-corrected chi connectivity index (χ0v) is 18.4. The number of primary amides is 1. The maximum Gasteiger partial charge on any atom is 0.255 e. The van der Waals surface area contributed by atoms with Gasteiger partial charge in [-0.15, -0.1) is 0 Å². The van der Waals surface area contributed by atoms with E-state index < -0.39 is 52.0 Å². The van der Waals surface area contributed by atoms with Gasteiger partial charge < -0.3 is 26.2 Å². The summed E-state index contributed by atoms with van der Waals surface area (Å²) in [4.78, 5) is 41.9.